The fraction of sp³-hybridized carbons (Fsp3) is 0.294. The summed E-state index contributed by atoms with van der Waals surface area (Å²) in [6.07, 6.45) is 0.334. The van der Waals surface area contributed by atoms with Crippen LogP contribution in [0.2, 0.25) is 0 Å². The monoisotopic (exact) mass is 348 g/mol. The highest BCUT2D eigenvalue weighted by Crippen LogP contribution is 2.36. The SMILES string of the molecule is Cc1c(-c2cccc(F)c2)sc2c1c(=O)n(CCCO)c(=O)n2C. The van der Waals surface area contributed by atoms with E-state index in [-0.39, 0.29) is 24.5 Å². The maximum Gasteiger partial charge on any atom is 0.331 e. The molecule has 0 aliphatic heterocycles. The Kier molecular flexibility index (Phi) is 4.38. The molecule has 0 spiro atoms. The normalized spacial score (nSPS) is 11.3. The summed E-state index contributed by atoms with van der Waals surface area (Å²) in [7, 11) is 1.62. The summed E-state index contributed by atoms with van der Waals surface area (Å²) in [6, 6.07) is 6.18. The fourth-order valence-corrected chi connectivity index (χ4v) is 4.06. The lowest BCUT2D eigenvalue weighted by Gasteiger charge is -2.07. The molecule has 1 N–H and O–H groups in total. The molecule has 0 fully saturated rings. The van der Waals surface area contributed by atoms with Gasteiger partial charge in [0.15, 0.2) is 0 Å². The molecule has 0 aliphatic carbocycles. The first-order valence-electron chi connectivity index (χ1n) is 7.55. The molecule has 0 atom stereocenters. The lowest BCUT2D eigenvalue weighted by molar-refractivity contribution is 0.277. The number of thiophene rings is 1. The van der Waals surface area contributed by atoms with Crippen LogP contribution in [0.1, 0.15) is 12.0 Å². The molecule has 126 valence electrons. The summed E-state index contributed by atoms with van der Waals surface area (Å²) in [5.41, 5.74) is 0.646. The van der Waals surface area contributed by atoms with E-state index in [9.17, 15) is 14.0 Å². The van der Waals surface area contributed by atoms with Crippen molar-refractivity contribution >= 4 is 21.6 Å². The molecule has 3 aromatic rings. The molecule has 0 amide bonds. The molecule has 7 heteroatoms. The largest absolute Gasteiger partial charge is 0.396 e. The number of aromatic nitrogens is 2. The summed E-state index contributed by atoms with van der Waals surface area (Å²) in [5, 5.41) is 9.44. The van der Waals surface area contributed by atoms with Gasteiger partial charge in [0.1, 0.15) is 10.6 Å². The summed E-state index contributed by atoms with van der Waals surface area (Å²) in [4.78, 5) is 26.5. The molecule has 24 heavy (non-hydrogen) atoms. The second-order valence-electron chi connectivity index (χ2n) is 5.62. The van der Waals surface area contributed by atoms with Crippen molar-refractivity contribution in [1.29, 1.82) is 0 Å². The first-order chi connectivity index (χ1) is 11.5. The lowest BCUT2D eigenvalue weighted by Crippen LogP contribution is -2.39. The average molecular weight is 348 g/mol. The van der Waals surface area contributed by atoms with Gasteiger partial charge in [-0.3, -0.25) is 13.9 Å². The molecule has 2 heterocycles. The number of aliphatic hydroxyl groups is 1. The maximum atomic E-state index is 13.5. The first kappa shape index (κ1) is 16.6. The lowest BCUT2D eigenvalue weighted by atomic mass is 10.1. The van der Waals surface area contributed by atoms with Crippen molar-refractivity contribution < 1.29 is 9.50 Å². The number of hydrogen-bond donors (Lipinski definition) is 1. The third kappa shape index (κ3) is 2.59. The number of nitrogens with zero attached hydrogens (tertiary/aromatic N) is 2. The van der Waals surface area contributed by atoms with Gasteiger partial charge in [-0.25, -0.2) is 9.18 Å². The number of hydrogen-bond acceptors (Lipinski definition) is 4. The molecule has 0 radical (unpaired) electrons. The molecule has 3 rings (SSSR count). The van der Waals surface area contributed by atoms with Crippen molar-refractivity contribution in [3.63, 3.8) is 0 Å². The zero-order valence-corrected chi connectivity index (χ0v) is 14.2. The van der Waals surface area contributed by atoms with Crippen LogP contribution in [0, 0.1) is 12.7 Å². The Labute approximate surface area is 141 Å². The van der Waals surface area contributed by atoms with E-state index in [0.717, 1.165) is 15.0 Å². The second-order valence-corrected chi connectivity index (χ2v) is 6.62. The zero-order chi connectivity index (χ0) is 17.4. The van der Waals surface area contributed by atoms with Gasteiger partial charge in [0.2, 0.25) is 0 Å². The molecule has 0 bridgehead atoms. The van der Waals surface area contributed by atoms with Gasteiger partial charge >= 0.3 is 5.69 Å². The first-order valence-corrected chi connectivity index (χ1v) is 8.37. The van der Waals surface area contributed by atoms with E-state index in [4.69, 9.17) is 5.11 Å². The fourth-order valence-electron chi connectivity index (χ4n) is 2.81. The van der Waals surface area contributed by atoms with Crippen molar-refractivity contribution in [2.75, 3.05) is 6.61 Å². The van der Waals surface area contributed by atoms with Crippen molar-refractivity contribution in [1.82, 2.24) is 9.13 Å². The van der Waals surface area contributed by atoms with Gasteiger partial charge in [0.05, 0.1) is 5.39 Å². The Morgan fingerprint density at radius 2 is 2.04 bits per heavy atom. The second kappa shape index (κ2) is 6.33. The third-order valence-electron chi connectivity index (χ3n) is 4.04. The molecule has 5 nitrogen and oxygen atoms in total. The Balaban J connectivity index is 2.33. The van der Waals surface area contributed by atoms with Gasteiger partial charge in [-0.15, -0.1) is 11.3 Å². The van der Waals surface area contributed by atoms with Crippen LogP contribution >= 0.6 is 11.3 Å². The van der Waals surface area contributed by atoms with Crippen molar-refractivity contribution in [2.24, 2.45) is 7.05 Å². The minimum atomic E-state index is -0.409. The predicted octanol–water partition coefficient (Wildman–Crippen LogP) is 2.26. The molecule has 0 unspecified atom stereocenters. The van der Waals surface area contributed by atoms with Gasteiger partial charge in [-0.1, -0.05) is 12.1 Å². The van der Waals surface area contributed by atoms with E-state index in [2.05, 4.69) is 0 Å². The summed E-state index contributed by atoms with van der Waals surface area (Å²) in [6.45, 7) is 1.88. The number of halogens is 1. The standard InChI is InChI=1S/C17H17FN2O3S/c1-10-13-15(22)20(7-4-8-21)17(23)19(2)16(13)24-14(10)11-5-3-6-12(18)9-11/h3,5-6,9,21H,4,7-8H2,1-2H3. The molecular formula is C17H17FN2O3S. The minimum absolute atomic E-state index is 0.0925. The van der Waals surface area contributed by atoms with Crippen molar-refractivity contribution in [3.05, 3.63) is 56.5 Å². The highest BCUT2D eigenvalue weighted by molar-refractivity contribution is 7.22. The molecule has 2 aromatic heterocycles. The number of benzene rings is 1. The highest BCUT2D eigenvalue weighted by Gasteiger charge is 2.19. The topological polar surface area (TPSA) is 64.2 Å². The average Bonchev–Trinajstić information content (AvgIpc) is 2.90. The molecular weight excluding hydrogens is 331 g/mol. The van der Waals surface area contributed by atoms with Gasteiger partial charge in [0, 0.05) is 25.1 Å². The van der Waals surface area contributed by atoms with Crippen molar-refractivity contribution in [3.8, 4) is 10.4 Å². The molecule has 1 aromatic carbocycles. The van der Waals surface area contributed by atoms with Gasteiger partial charge in [0.25, 0.3) is 5.56 Å². The summed E-state index contributed by atoms with van der Waals surface area (Å²) in [5.74, 6) is -0.349. The number of aryl methyl sites for hydroxylation is 2. The number of fused-ring (bicyclic) bond motifs is 1. The Morgan fingerprint density at radius 3 is 2.71 bits per heavy atom. The van der Waals surface area contributed by atoms with Crippen LogP contribution in [-0.2, 0) is 13.6 Å². The predicted molar refractivity (Wildman–Crippen MR) is 93.2 cm³/mol. The van der Waals surface area contributed by atoms with Crippen LogP contribution in [0.5, 0.6) is 0 Å². The number of aliphatic hydroxyl groups excluding tert-OH is 1. The van der Waals surface area contributed by atoms with Crippen LogP contribution in [0.3, 0.4) is 0 Å². The van der Waals surface area contributed by atoms with E-state index in [0.29, 0.717) is 22.2 Å². The molecule has 0 saturated heterocycles. The Morgan fingerprint density at radius 1 is 1.29 bits per heavy atom. The quantitative estimate of drug-likeness (QED) is 0.787. The Bertz CT molecular complexity index is 1030. The Hall–Kier alpha value is -2.25. The summed E-state index contributed by atoms with van der Waals surface area (Å²) < 4.78 is 16.1. The van der Waals surface area contributed by atoms with Crippen LogP contribution in [0.25, 0.3) is 20.7 Å². The van der Waals surface area contributed by atoms with Crippen LogP contribution in [0.15, 0.2) is 33.9 Å². The van der Waals surface area contributed by atoms with Gasteiger partial charge in [-0.2, -0.15) is 0 Å². The molecule has 0 saturated carbocycles. The molecule has 0 aliphatic rings. The van der Waals surface area contributed by atoms with E-state index in [1.54, 1.807) is 26.1 Å². The van der Waals surface area contributed by atoms with E-state index in [1.807, 2.05) is 0 Å². The smallest absolute Gasteiger partial charge is 0.331 e. The zero-order valence-electron chi connectivity index (χ0n) is 13.4. The minimum Gasteiger partial charge on any atom is -0.396 e. The maximum absolute atomic E-state index is 13.5. The third-order valence-corrected chi connectivity index (χ3v) is 5.45. The summed E-state index contributed by atoms with van der Waals surface area (Å²) >= 11 is 1.31. The van der Waals surface area contributed by atoms with Gasteiger partial charge in [-0.05, 0) is 36.6 Å². The van der Waals surface area contributed by atoms with E-state index >= 15 is 0 Å². The number of rotatable bonds is 4. The van der Waals surface area contributed by atoms with Gasteiger partial charge < -0.3 is 5.11 Å². The van der Waals surface area contributed by atoms with E-state index < -0.39 is 5.69 Å². The highest BCUT2D eigenvalue weighted by atomic mass is 32.1. The van der Waals surface area contributed by atoms with E-state index in [1.165, 1.54) is 28.0 Å². The van der Waals surface area contributed by atoms with Crippen molar-refractivity contribution in [2.45, 2.75) is 19.9 Å². The van der Waals surface area contributed by atoms with Crippen LogP contribution in [-0.4, -0.2) is 20.8 Å². The van der Waals surface area contributed by atoms with Crippen LogP contribution in [0.4, 0.5) is 4.39 Å². The van der Waals surface area contributed by atoms with Crippen LogP contribution < -0.4 is 11.2 Å².